The zero-order chi connectivity index (χ0) is 14.8. The van der Waals surface area contributed by atoms with E-state index in [0.717, 1.165) is 6.42 Å². The highest BCUT2D eigenvalue weighted by Crippen LogP contribution is 2.28. The monoisotopic (exact) mass is 277 g/mol. The van der Waals surface area contributed by atoms with Gasteiger partial charge in [-0.1, -0.05) is 56.7 Å². The smallest absolute Gasteiger partial charge is 0.121 e. The van der Waals surface area contributed by atoms with E-state index in [0.29, 0.717) is 5.56 Å². The number of nitroso groups, excluding NO2 is 1. The Hall–Kier alpha value is -1.38. The van der Waals surface area contributed by atoms with Crippen LogP contribution in [0.2, 0.25) is 0 Å². The van der Waals surface area contributed by atoms with Gasteiger partial charge in [-0.2, -0.15) is 4.91 Å². The van der Waals surface area contributed by atoms with E-state index < -0.39 is 6.04 Å². The van der Waals surface area contributed by atoms with Crippen molar-refractivity contribution >= 4 is 0 Å². The van der Waals surface area contributed by atoms with Crippen molar-refractivity contribution in [2.24, 2.45) is 5.18 Å². The third-order valence-electron chi connectivity index (χ3n) is 3.77. The Morgan fingerprint density at radius 2 is 1.75 bits per heavy atom. The molecular weight excluding hydrogens is 250 g/mol. The number of hydrogen-bond acceptors (Lipinski definition) is 3. The third kappa shape index (κ3) is 5.72. The highest BCUT2D eigenvalue weighted by atomic mass is 16.3. The second-order valence-electron chi connectivity index (χ2n) is 5.55. The van der Waals surface area contributed by atoms with Gasteiger partial charge < -0.3 is 5.11 Å². The van der Waals surface area contributed by atoms with Crippen molar-refractivity contribution in [1.29, 1.82) is 0 Å². The lowest BCUT2D eigenvalue weighted by atomic mass is 10.00. The maximum Gasteiger partial charge on any atom is 0.121 e. The molecule has 0 radical (unpaired) electrons. The summed E-state index contributed by atoms with van der Waals surface area (Å²) in [7, 11) is 0. The van der Waals surface area contributed by atoms with Gasteiger partial charge in [0.1, 0.15) is 11.8 Å². The quantitative estimate of drug-likeness (QED) is 0.452. The minimum Gasteiger partial charge on any atom is -0.508 e. The van der Waals surface area contributed by atoms with E-state index in [4.69, 9.17) is 0 Å². The molecule has 20 heavy (non-hydrogen) atoms. The first-order valence-electron chi connectivity index (χ1n) is 7.83. The average molecular weight is 277 g/mol. The number of rotatable bonds is 10. The van der Waals surface area contributed by atoms with E-state index in [2.05, 4.69) is 12.1 Å². The Balaban J connectivity index is 2.35. The van der Waals surface area contributed by atoms with Crippen molar-refractivity contribution in [2.75, 3.05) is 0 Å². The lowest BCUT2D eigenvalue weighted by molar-refractivity contribution is 0.463. The summed E-state index contributed by atoms with van der Waals surface area (Å²) in [5, 5.41) is 12.7. The summed E-state index contributed by atoms with van der Waals surface area (Å²) in [5.74, 6) is 0.167. The highest BCUT2D eigenvalue weighted by molar-refractivity contribution is 5.38. The SMILES string of the molecule is CCCCCCCCCc1ccc(O)c(C(C)N=O)c1. The summed E-state index contributed by atoms with van der Waals surface area (Å²) in [6.45, 7) is 3.94. The molecule has 0 aliphatic rings. The standard InChI is InChI=1S/C17H27NO2/c1-3-4-5-6-7-8-9-10-15-11-12-17(19)16(13-15)14(2)18-20/h11-14,19H,3-10H2,1-2H3. The normalized spacial score (nSPS) is 12.3. The van der Waals surface area contributed by atoms with Crippen LogP contribution in [0.5, 0.6) is 5.75 Å². The van der Waals surface area contributed by atoms with Crippen LogP contribution in [0.15, 0.2) is 23.4 Å². The molecule has 1 unspecified atom stereocenters. The Labute approximate surface area is 122 Å². The van der Waals surface area contributed by atoms with Gasteiger partial charge in [-0.25, -0.2) is 0 Å². The third-order valence-corrected chi connectivity index (χ3v) is 3.77. The van der Waals surface area contributed by atoms with E-state index in [1.165, 1.54) is 50.5 Å². The Morgan fingerprint density at radius 1 is 1.10 bits per heavy atom. The Kier molecular flexibility index (Phi) is 7.93. The molecule has 0 amide bonds. The molecule has 0 aliphatic heterocycles. The number of aryl methyl sites for hydroxylation is 1. The van der Waals surface area contributed by atoms with Gasteiger partial charge in [0.25, 0.3) is 0 Å². The molecule has 1 atom stereocenters. The molecule has 1 rings (SSSR count). The van der Waals surface area contributed by atoms with Gasteiger partial charge in [-0.15, -0.1) is 0 Å². The number of phenolic OH excluding ortho intramolecular Hbond substituents is 1. The molecule has 0 aromatic heterocycles. The zero-order valence-electron chi connectivity index (χ0n) is 12.8. The zero-order valence-corrected chi connectivity index (χ0v) is 12.8. The molecule has 0 fully saturated rings. The van der Waals surface area contributed by atoms with Crippen LogP contribution in [0, 0.1) is 4.91 Å². The lowest BCUT2D eigenvalue weighted by Crippen LogP contribution is -1.93. The molecule has 0 bridgehead atoms. The number of unbranched alkanes of at least 4 members (excludes halogenated alkanes) is 6. The molecule has 0 saturated heterocycles. The van der Waals surface area contributed by atoms with Crippen LogP contribution in [-0.2, 0) is 6.42 Å². The van der Waals surface area contributed by atoms with Crippen LogP contribution in [0.1, 0.15) is 76.0 Å². The molecule has 0 spiro atoms. The Bertz CT molecular complexity index is 404. The highest BCUT2D eigenvalue weighted by Gasteiger charge is 2.11. The van der Waals surface area contributed by atoms with E-state index in [-0.39, 0.29) is 5.75 Å². The second-order valence-corrected chi connectivity index (χ2v) is 5.55. The molecular formula is C17H27NO2. The number of aromatic hydroxyl groups is 1. The minimum atomic E-state index is -0.482. The van der Waals surface area contributed by atoms with Crippen LogP contribution in [-0.4, -0.2) is 5.11 Å². The van der Waals surface area contributed by atoms with Crippen molar-refractivity contribution in [1.82, 2.24) is 0 Å². The van der Waals surface area contributed by atoms with Gasteiger partial charge in [0.05, 0.1) is 0 Å². The number of nitrogens with zero attached hydrogens (tertiary/aromatic N) is 1. The second kappa shape index (κ2) is 9.51. The largest absolute Gasteiger partial charge is 0.508 e. The van der Waals surface area contributed by atoms with Crippen molar-refractivity contribution in [3.63, 3.8) is 0 Å². The van der Waals surface area contributed by atoms with Crippen LogP contribution < -0.4 is 0 Å². The first-order valence-corrected chi connectivity index (χ1v) is 7.83. The van der Waals surface area contributed by atoms with Gasteiger partial charge in [0.15, 0.2) is 0 Å². The van der Waals surface area contributed by atoms with Gasteiger partial charge in [0.2, 0.25) is 0 Å². The van der Waals surface area contributed by atoms with E-state index in [1.807, 2.05) is 12.1 Å². The van der Waals surface area contributed by atoms with Gasteiger partial charge in [-0.3, -0.25) is 0 Å². The first-order chi connectivity index (χ1) is 9.69. The maximum atomic E-state index is 10.6. The predicted molar refractivity (Wildman–Crippen MR) is 84.0 cm³/mol. The van der Waals surface area contributed by atoms with Crippen LogP contribution in [0.25, 0.3) is 0 Å². The van der Waals surface area contributed by atoms with Crippen LogP contribution in [0.3, 0.4) is 0 Å². The first kappa shape index (κ1) is 16.7. The lowest BCUT2D eigenvalue weighted by Gasteiger charge is -2.09. The summed E-state index contributed by atoms with van der Waals surface area (Å²) in [5.41, 5.74) is 1.82. The molecule has 1 aromatic rings. The molecule has 112 valence electrons. The topological polar surface area (TPSA) is 49.7 Å². The molecule has 1 N–H and O–H groups in total. The molecule has 0 saturated carbocycles. The predicted octanol–water partition coefficient (Wildman–Crippen LogP) is 5.51. The van der Waals surface area contributed by atoms with Crippen molar-refractivity contribution < 1.29 is 5.11 Å². The summed E-state index contributed by atoms with van der Waals surface area (Å²) in [4.78, 5) is 10.6. The van der Waals surface area contributed by atoms with Crippen molar-refractivity contribution in [3.8, 4) is 5.75 Å². The summed E-state index contributed by atoms with van der Waals surface area (Å²) in [6.07, 6.45) is 10.0. The van der Waals surface area contributed by atoms with E-state index in [9.17, 15) is 10.0 Å². The summed E-state index contributed by atoms with van der Waals surface area (Å²) < 4.78 is 0. The van der Waals surface area contributed by atoms with Gasteiger partial charge >= 0.3 is 0 Å². The Morgan fingerprint density at radius 3 is 2.40 bits per heavy atom. The van der Waals surface area contributed by atoms with Crippen molar-refractivity contribution in [2.45, 2.75) is 71.3 Å². The molecule has 1 aromatic carbocycles. The van der Waals surface area contributed by atoms with Crippen LogP contribution >= 0.6 is 0 Å². The fourth-order valence-corrected chi connectivity index (χ4v) is 2.44. The summed E-state index contributed by atoms with van der Waals surface area (Å²) >= 11 is 0. The van der Waals surface area contributed by atoms with Crippen molar-refractivity contribution in [3.05, 3.63) is 34.2 Å². The summed E-state index contributed by atoms with van der Waals surface area (Å²) in [6, 6.07) is 5.04. The number of benzene rings is 1. The minimum absolute atomic E-state index is 0.167. The van der Waals surface area contributed by atoms with Crippen LogP contribution in [0.4, 0.5) is 0 Å². The fraction of sp³-hybridized carbons (Fsp3) is 0.647. The number of hydrogen-bond donors (Lipinski definition) is 1. The van der Waals surface area contributed by atoms with Gasteiger partial charge in [-0.05, 0) is 37.5 Å². The van der Waals surface area contributed by atoms with E-state index >= 15 is 0 Å². The maximum absolute atomic E-state index is 10.6. The molecule has 0 heterocycles. The average Bonchev–Trinajstić information content (AvgIpc) is 2.47. The van der Waals surface area contributed by atoms with Gasteiger partial charge in [0, 0.05) is 5.56 Å². The molecule has 0 aliphatic carbocycles. The fourth-order valence-electron chi connectivity index (χ4n) is 2.44. The number of phenols is 1. The molecule has 3 nitrogen and oxygen atoms in total. The van der Waals surface area contributed by atoms with E-state index in [1.54, 1.807) is 13.0 Å². The molecule has 3 heteroatoms.